The molecule has 1 unspecified atom stereocenters. The van der Waals surface area contributed by atoms with E-state index in [1.54, 1.807) is 0 Å². The minimum absolute atomic E-state index is 0.0194. The number of thiazole rings is 1. The fourth-order valence-corrected chi connectivity index (χ4v) is 2.08. The van der Waals surface area contributed by atoms with Gasteiger partial charge in [0.15, 0.2) is 0 Å². The molecule has 1 atom stereocenters. The van der Waals surface area contributed by atoms with Crippen LogP contribution in [0.15, 0.2) is 5.38 Å². The van der Waals surface area contributed by atoms with E-state index in [1.165, 1.54) is 11.3 Å². The van der Waals surface area contributed by atoms with Gasteiger partial charge in [0.05, 0.1) is 6.42 Å². The standard InChI is InChI=1S/C12H20N2OS/c1-8-7-16-11(14-8)6-9(15)5-10(13)12(2,3)4/h7,10H,5-6,13H2,1-4H3. The highest BCUT2D eigenvalue weighted by Crippen LogP contribution is 2.20. The first-order valence-corrected chi connectivity index (χ1v) is 6.35. The van der Waals surface area contributed by atoms with Crippen molar-refractivity contribution in [3.63, 3.8) is 0 Å². The van der Waals surface area contributed by atoms with E-state index < -0.39 is 0 Å². The molecule has 0 spiro atoms. The lowest BCUT2D eigenvalue weighted by Crippen LogP contribution is -2.37. The van der Waals surface area contributed by atoms with E-state index in [1.807, 2.05) is 12.3 Å². The van der Waals surface area contributed by atoms with Crippen LogP contribution in [0.25, 0.3) is 0 Å². The van der Waals surface area contributed by atoms with Gasteiger partial charge in [0.1, 0.15) is 10.8 Å². The molecule has 4 heteroatoms. The van der Waals surface area contributed by atoms with Gasteiger partial charge in [0.25, 0.3) is 0 Å². The average molecular weight is 240 g/mol. The highest BCUT2D eigenvalue weighted by molar-refractivity contribution is 7.09. The second kappa shape index (κ2) is 5.06. The van der Waals surface area contributed by atoms with Crippen molar-refractivity contribution >= 4 is 17.1 Å². The summed E-state index contributed by atoms with van der Waals surface area (Å²) in [5, 5.41) is 2.86. The first-order valence-electron chi connectivity index (χ1n) is 5.47. The van der Waals surface area contributed by atoms with Gasteiger partial charge in [-0.05, 0) is 12.3 Å². The van der Waals surface area contributed by atoms with E-state index in [2.05, 4.69) is 25.8 Å². The number of nitrogens with two attached hydrogens (primary N) is 1. The summed E-state index contributed by atoms with van der Waals surface area (Å²) >= 11 is 1.54. The Balaban J connectivity index is 2.48. The van der Waals surface area contributed by atoms with Crippen molar-refractivity contribution in [1.29, 1.82) is 0 Å². The number of aromatic nitrogens is 1. The summed E-state index contributed by atoms with van der Waals surface area (Å²) in [6, 6.07) is -0.0824. The fraction of sp³-hybridized carbons (Fsp3) is 0.667. The molecule has 1 aromatic rings. The van der Waals surface area contributed by atoms with Crippen molar-refractivity contribution in [3.05, 3.63) is 16.1 Å². The van der Waals surface area contributed by atoms with Crippen LogP contribution in [-0.2, 0) is 11.2 Å². The van der Waals surface area contributed by atoms with Crippen LogP contribution in [-0.4, -0.2) is 16.8 Å². The van der Waals surface area contributed by atoms with Gasteiger partial charge in [-0.2, -0.15) is 0 Å². The van der Waals surface area contributed by atoms with Crippen molar-refractivity contribution in [2.75, 3.05) is 0 Å². The smallest absolute Gasteiger partial charge is 0.141 e. The van der Waals surface area contributed by atoms with E-state index >= 15 is 0 Å². The highest BCUT2D eigenvalue weighted by Gasteiger charge is 2.23. The van der Waals surface area contributed by atoms with Crippen molar-refractivity contribution in [3.8, 4) is 0 Å². The summed E-state index contributed by atoms with van der Waals surface area (Å²) in [5.41, 5.74) is 6.93. The summed E-state index contributed by atoms with van der Waals surface area (Å²) < 4.78 is 0. The van der Waals surface area contributed by atoms with Crippen LogP contribution >= 0.6 is 11.3 Å². The normalized spacial score (nSPS) is 13.8. The number of hydrogen-bond acceptors (Lipinski definition) is 4. The van der Waals surface area contributed by atoms with Gasteiger partial charge in [-0.1, -0.05) is 20.8 Å². The molecule has 1 aromatic heterocycles. The number of aryl methyl sites for hydroxylation is 1. The summed E-state index contributed by atoms with van der Waals surface area (Å²) in [7, 11) is 0. The number of carbonyl (C=O) groups is 1. The molecule has 1 heterocycles. The zero-order chi connectivity index (χ0) is 12.3. The van der Waals surface area contributed by atoms with Crippen LogP contribution in [0.1, 0.15) is 37.9 Å². The minimum atomic E-state index is -0.0824. The van der Waals surface area contributed by atoms with Gasteiger partial charge < -0.3 is 5.73 Å². The Morgan fingerprint density at radius 3 is 2.62 bits per heavy atom. The van der Waals surface area contributed by atoms with E-state index in [4.69, 9.17) is 5.73 Å². The van der Waals surface area contributed by atoms with Crippen molar-refractivity contribution in [1.82, 2.24) is 4.98 Å². The second-order valence-electron chi connectivity index (χ2n) is 5.27. The molecule has 0 saturated heterocycles. The Morgan fingerprint density at radius 2 is 2.19 bits per heavy atom. The molecule has 0 radical (unpaired) electrons. The third kappa shape index (κ3) is 4.02. The molecule has 0 aliphatic carbocycles. The molecule has 0 aromatic carbocycles. The van der Waals surface area contributed by atoms with Gasteiger partial charge in [-0.25, -0.2) is 4.98 Å². The Kier molecular flexibility index (Phi) is 4.21. The van der Waals surface area contributed by atoms with Crippen LogP contribution in [0, 0.1) is 12.3 Å². The van der Waals surface area contributed by atoms with Crippen molar-refractivity contribution < 1.29 is 4.79 Å². The third-order valence-corrected chi connectivity index (χ3v) is 3.54. The number of rotatable bonds is 4. The molecule has 3 nitrogen and oxygen atoms in total. The Bertz CT molecular complexity index is 365. The Labute approximate surface area is 101 Å². The van der Waals surface area contributed by atoms with Gasteiger partial charge >= 0.3 is 0 Å². The zero-order valence-electron chi connectivity index (χ0n) is 10.4. The largest absolute Gasteiger partial charge is 0.327 e. The first-order chi connectivity index (χ1) is 7.29. The van der Waals surface area contributed by atoms with E-state index in [-0.39, 0.29) is 17.2 Å². The summed E-state index contributed by atoms with van der Waals surface area (Å²) in [6.45, 7) is 8.10. The lowest BCUT2D eigenvalue weighted by Gasteiger charge is -2.26. The maximum atomic E-state index is 11.8. The van der Waals surface area contributed by atoms with Crippen molar-refractivity contribution in [2.45, 2.75) is 46.6 Å². The van der Waals surface area contributed by atoms with Gasteiger partial charge in [0.2, 0.25) is 0 Å². The molecule has 0 aliphatic rings. The SMILES string of the molecule is Cc1csc(CC(=O)CC(N)C(C)(C)C)n1. The first kappa shape index (κ1) is 13.3. The third-order valence-electron chi connectivity index (χ3n) is 2.57. The van der Waals surface area contributed by atoms with E-state index in [0.29, 0.717) is 12.8 Å². The molecule has 0 amide bonds. The molecular formula is C12H20N2OS. The predicted octanol–water partition coefficient (Wildman–Crippen LogP) is 2.33. The Morgan fingerprint density at radius 1 is 1.56 bits per heavy atom. The summed E-state index contributed by atoms with van der Waals surface area (Å²) in [5.74, 6) is 0.178. The number of Topliss-reactive ketones (excluding diaryl/α,β-unsaturated/α-hetero) is 1. The molecule has 0 bridgehead atoms. The van der Waals surface area contributed by atoms with Crippen LogP contribution in [0.3, 0.4) is 0 Å². The van der Waals surface area contributed by atoms with E-state index in [0.717, 1.165) is 10.7 Å². The summed E-state index contributed by atoms with van der Waals surface area (Å²) in [6.07, 6.45) is 0.852. The number of nitrogens with zero attached hydrogens (tertiary/aromatic N) is 1. The average Bonchev–Trinajstić information content (AvgIpc) is 2.49. The quantitative estimate of drug-likeness (QED) is 0.878. The van der Waals surface area contributed by atoms with Gasteiger partial charge in [-0.15, -0.1) is 11.3 Å². The molecule has 16 heavy (non-hydrogen) atoms. The van der Waals surface area contributed by atoms with Gasteiger partial charge in [-0.3, -0.25) is 4.79 Å². The molecule has 0 aliphatic heterocycles. The molecule has 0 fully saturated rings. The fourth-order valence-electron chi connectivity index (χ4n) is 1.28. The lowest BCUT2D eigenvalue weighted by molar-refractivity contribution is -0.119. The number of ketones is 1. The summed E-state index contributed by atoms with van der Waals surface area (Å²) in [4.78, 5) is 16.0. The predicted molar refractivity (Wildman–Crippen MR) is 67.6 cm³/mol. The molecular weight excluding hydrogens is 220 g/mol. The van der Waals surface area contributed by atoms with E-state index in [9.17, 15) is 4.79 Å². The maximum Gasteiger partial charge on any atom is 0.141 e. The Hall–Kier alpha value is -0.740. The lowest BCUT2D eigenvalue weighted by atomic mass is 9.84. The number of carbonyl (C=O) groups excluding carboxylic acids is 1. The monoisotopic (exact) mass is 240 g/mol. The van der Waals surface area contributed by atoms with Crippen LogP contribution in [0.5, 0.6) is 0 Å². The minimum Gasteiger partial charge on any atom is -0.327 e. The molecule has 2 N–H and O–H groups in total. The molecule has 1 rings (SSSR count). The number of hydrogen-bond donors (Lipinski definition) is 1. The second-order valence-corrected chi connectivity index (χ2v) is 6.22. The maximum absolute atomic E-state index is 11.8. The molecule has 90 valence electrons. The highest BCUT2D eigenvalue weighted by atomic mass is 32.1. The molecule has 0 saturated carbocycles. The topological polar surface area (TPSA) is 56.0 Å². The van der Waals surface area contributed by atoms with Gasteiger partial charge in [0, 0.05) is 23.5 Å². The van der Waals surface area contributed by atoms with Crippen LogP contribution in [0.2, 0.25) is 0 Å². The van der Waals surface area contributed by atoms with Crippen LogP contribution in [0.4, 0.5) is 0 Å². The van der Waals surface area contributed by atoms with Crippen molar-refractivity contribution in [2.24, 2.45) is 11.1 Å². The van der Waals surface area contributed by atoms with Crippen LogP contribution < -0.4 is 5.73 Å². The zero-order valence-corrected chi connectivity index (χ0v) is 11.2.